The molecule has 2 heterocycles. The normalized spacial score (nSPS) is 14.6. The highest BCUT2D eigenvalue weighted by Crippen LogP contribution is 2.20. The van der Waals surface area contributed by atoms with Gasteiger partial charge in [0.1, 0.15) is 11.5 Å². The van der Waals surface area contributed by atoms with E-state index in [9.17, 15) is 9.59 Å². The van der Waals surface area contributed by atoms with Crippen molar-refractivity contribution in [3.63, 3.8) is 0 Å². The van der Waals surface area contributed by atoms with Crippen LogP contribution < -0.4 is 5.01 Å². The van der Waals surface area contributed by atoms with Crippen molar-refractivity contribution >= 4 is 23.2 Å². The van der Waals surface area contributed by atoms with E-state index in [-0.39, 0.29) is 18.2 Å². The number of para-hydroxylation sites is 1. The van der Waals surface area contributed by atoms with Crippen LogP contribution in [0.25, 0.3) is 0 Å². The third-order valence-corrected chi connectivity index (χ3v) is 3.60. The van der Waals surface area contributed by atoms with Crippen molar-refractivity contribution in [2.45, 2.75) is 19.4 Å². The van der Waals surface area contributed by atoms with E-state index in [0.717, 1.165) is 0 Å². The molecule has 0 fully saturated rings. The first-order valence-corrected chi connectivity index (χ1v) is 7.38. The van der Waals surface area contributed by atoms with Crippen molar-refractivity contribution in [3.8, 4) is 0 Å². The maximum atomic E-state index is 12.5. The van der Waals surface area contributed by atoms with Gasteiger partial charge in [-0.05, 0) is 24.3 Å². The number of hydrogen-bond acceptors (Lipinski definition) is 4. The van der Waals surface area contributed by atoms with E-state index in [1.807, 2.05) is 24.3 Å². The predicted molar refractivity (Wildman–Crippen MR) is 85.8 cm³/mol. The van der Waals surface area contributed by atoms with E-state index in [2.05, 4.69) is 5.10 Å². The average Bonchev–Trinajstić information content (AvgIpc) is 3.08. The molecule has 23 heavy (non-hydrogen) atoms. The lowest BCUT2D eigenvalue weighted by atomic mass is 10.1. The molecule has 0 bridgehead atoms. The highest BCUT2D eigenvalue weighted by atomic mass is 16.3. The van der Waals surface area contributed by atoms with Gasteiger partial charge in [-0.3, -0.25) is 9.59 Å². The number of furan rings is 1. The van der Waals surface area contributed by atoms with Crippen LogP contribution in [0.15, 0.2) is 58.2 Å². The first-order valence-electron chi connectivity index (χ1n) is 7.38. The van der Waals surface area contributed by atoms with Crippen molar-refractivity contribution in [3.05, 3.63) is 54.5 Å². The monoisotopic (exact) mass is 311 g/mol. The first-order chi connectivity index (χ1) is 11.1. The minimum absolute atomic E-state index is 0.110. The number of nitrogens with zero attached hydrogens (tertiary/aromatic N) is 3. The highest BCUT2D eigenvalue weighted by Gasteiger charge is 2.27. The minimum atomic E-state index is -0.199. The quantitative estimate of drug-likeness (QED) is 0.871. The lowest BCUT2D eigenvalue weighted by molar-refractivity contribution is -0.123. The Hall–Kier alpha value is -2.89. The van der Waals surface area contributed by atoms with Gasteiger partial charge in [0, 0.05) is 19.9 Å². The number of amides is 2. The Bertz CT molecular complexity index is 723. The molecule has 2 aromatic rings. The molecule has 1 aromatic carbocycles. The molecule has 0 saturated heterocycles. The Morgan fingerprint density at radius 2 is 2.00 bits per heavy atom. The van der Waals surface area contributed by atoms with Crippen LogP contribution in [-0.2, 0) is 16.1 Å². The molecule has 3 rings (SSSR count). The van der Waals surface area contributed by atoms with E-state index in [4.69, 9.17) is 4.42 Å². The third kappa shape index (κ3) is 3.31. The largest absolute Gasteiger partial charge is 0.467 e. The van der Waals surface area contributed by atoms with Crippen molar-refractivity contribution < 1.29 is 14.0 Å². The van der Waals surface area contributed by atoms with Crippen LogP contribution in [0.1, 0.15) is 18.6 Å². The number of carbonyl (C=O) groups is 2. The Kier molecular flexibility index (Phi) is 4.23. The van der Waals surface area contributed by atoms with Crippen LogP contribution in [0, 0.1) is 0 Å². The van der Waals surface area contributed by atoms with Crippen molar-refractivity contribution in [1.29, 1.82) is 0 Å². The third-order valence-electron chi connectivity index (χ3n) is 3.60. The number of hydrazone groups is 1. The first kappa shape index (κ1) is 15.0. The maximum absolute atomic E-state index is 12.5. The molecule has 0 saturated carbocycles. The number of anilines is 1. The summed E-state index contributed by atoms with van der Waals surface area (Å²) >= 11 is 0. The van der Waals surface area contributed by atoms with E-state index in [1.165, 1.54) is 9.91 Å². The van der Waals surface area contributed by atoms with Crippen LogP contribution in [0.3, 0.4) is 0 Å². The van der Waals surface area contributed by atoms with Crippen LogP contribution in [-0.4, -0.2) is 29.5 Å². The second kappa shape index (κ2) is 6.48. The summed E-state index contributed by atoms with van der Waals surface area (Å²) in [7, 11) is 1.69. The lowest BCUT2D eigenvalue weighted by Crippen LogP contribution is -2.39. The molecule has 1 aliphatic heterocycles. The van der Waals surface area contributed by atoms with Crippen molar-refractivity contribution in [2.24, 2.45) is 5.10 Å². The topological polar surface area (TPSA) is 66.1 Å². The number of carbonyl (C=O) groups excluding carboxylic acids is 2. The summed E-state index contributed by atoms with van der Waals surface area (Å²) < 4.78 is 5.25. The molecule has 1 aromatic heterocycles. The fraction of sp³-hybridized carbons (Fsp3) is 0.235. The Balaban J connectivity index is 1.78. The number of benzene rings is 1. The summed E-state index contributed by atoms with van der Waals surface area (Å²) in [6.07, 6.45) is 2.19. The number of hydrogen-bond donors (Lipinski definition) is 0. The van der Waals surface area contributed by atoms with E-state index >= 15 is 0 Å². The summed E-state index contributed by atoms with van der Waals surface area (Å²) in [5.41, 5.74) is 1.04. The SMILES string of the molecule is CN(Cc1ccco1)C(=O)C1=NN(c2ccccc2)C(=O)CC1. The van der Waals surface area contributed by atoms with Gasteiger partial charge in [-0.25, -0.2) is 5.01 Å². The molecule has 118 valence electrons. The second-order valence-electron chi connectivity index (χ2n) is 5.33. The Morgan fingerprint density at radius 1 is 1.22 bits per heavy atom. The maximum Gasteiger partial charge on any atom is 0.270 e. The molecule has 0 aliphatic carbocycles. The molecule has 2 amide bonds. The molecule has 0 radical (unpaired) electrons. The standard InChI is InChI=1S/C17H17N3O3/c1-19(12-14-8-5-11-23-14)17(22)15-9-10-16(21)20(18-15)13-6-3-2-4-7-13/h2-8,11H,9-10,12H2,1H3. The van der Waals surface area contributed by atoms with E-state index < -0.39 is 0 Å². The molecule has 0 N–H and O–H groups in total. The fourth-order valence-electron chi connectivity index (χ4n) is 2.41. The summed E-state index contributed by atoms with van der Waals surface area (Å²) in [5.74, 6) is 0.393. The van der Waals surface area contributed by atoms with Crippen LogP contribution >= 0.6 is 0 Å². The smallest absolute Gasteiger partial charge is 0.270 e. The summed E-state index contributed by atoms with van der Waals surface area (Å²) in [6.45, 7) is 0.365. The lowest BCUT2D eigenvalue weighted by Gasteiger charge is -2.25. The summed E-state index contributed by atoms with van der Waals surface area (Å²) in [5, 5.41) is 5.57. The Morgan fingerprint density at radius 3 is 2.70 bits per heavy atom. The van der Waals surface area contributed by atoms with Gasteiger partial charge in [0.15, 0.2) is 0 Å². The average molecular weight is 311 g/mol. The van der Waals surface area contributed by atoms with Gasteiger partial charge in [-0.2, -0.15) is 5.10 Å². The van der Waals surface area contributed by atoms with Crippen molar-refractivity contribution in [2.75, 3.05) is 12.1 Å². The van der Waals surface area contributed by atoms with Gasteiger partial charge in [0.2, 0.25) is 5.91 Å². The zero-order valence-corrected chi connectivity index (χ0v) is 12.8. The van der Waals surface area contributed by atoms with Gasteiger partial charge in [-0.1, -0.05) is 18.2 Å². The fourth-order valence-corrected chi connectivity index (χ4v) is 2.41. The molecule has 0 unspecified atom stereocenters. The molecule has 0 spiro atoms. The van der Waals surface area contributed by atoms with Gasteiger partial charge in [0.05, 0.1) is 18.5 Å². The van der Waals surface area contributed by atoms with Crippen LogP contribution in [0.2, 0.25) is 0 Å². The molecular weight excluding hydrogens is 294 g/mol. The summed E-state index contributed by atoms with van der Waals surface area (Å²) in [6, 6.07) is 12.7. The van der Waals surface area contributed by atoms with Gasteiger partial charge in [-0.15, -0.1) is 0 Å². The molecule has 1 aliphatic rings. The Labute approximate surface area is 134 Å². The van der Waals surface area contributed by atoms with E-state index in [1.54, 1.807) is 31.5 Å². The number of rotatable bonds is 4. The van der Waals surface area contributed by atoms with Gasteiger partial charge < -0.3 is 9.32 Å². The molecule has 6 nitrogen and oxygen atoms in total. The zero-order chi connectivity index (χ0) is 16.2. The van der Waals surface area contributed by atoms with Gasteiger partial charge >= 0.3 is 0 Å². The highest BCUT2D eigenvalue weighted by molar-refractivity contribution is 6.40. The van der Waals surface area contributed by atoms with Crippen LogP contribution in [0.4, 0.5) is 5.69 Å². The van der Waals surface area contributed by atoms with Crippen LogP contribution in [0.5, 0.6) is 0 Å². The minimum Gasteiger partial charge on any atom is -0.467 e. The van der Waals surface area contributed by atoms with E-state index in [0.29, 0.717) is 30.1 Å². The molecular formula is C17H17N3O3. The second-order valence-corrected chi connectivity index (χ2v) is 5.33. The predicted octanol–water partition coefficient (Wildman–Crippen LogP) is 2.42. The molecule has 0 atom stereocenters. The molecule has 6 heteroatoms. The van der Waals surface area contributed by atoms with Gasteiger partial charge in [0.25, 0.3) is 5.91 Å². The van der Waals surface area contributed by atoms with Crippen molar-refractivity contribution in [1.82, 2.24) is 4.90 Å². The zero-order valence-electron chi connectivity index (χ0n) is 12.8. The summed E-state index contributed by atoms with van der Waals surface area (Å²) in [4.78, 5) is 26.1.